The van der Waals surface area contributed by atoms with E-state index in [0.717, 1.165) is 10.1 Å². The van der Waals surface area contributed by atoms with Crippen molar-refractivity contribution in [2.24, 2.45) is 17.2 Å². The standard InChI is InChI=1S/C14H14N4O4S.C2HF3O2/c15-3-4-21-6-1-2-7-8(5-6)23-12-9(18-14(17)20)11(13(16)19)22-10(7)12;3-2(4,5)1(6)7/h1-2,5H,3-4,15H2,(H2,16,19)(H3,17,18,20);(H,6,7). The van der Waals surface area contributed by atoms with E-state index in [1.165, 1.54) is 11.3 Å². The average molecular weight is 448 g/mol. The number of ether oxygens (including phenoxy) is 1. The Morgan fingerprint density at radius 3 is 2.37 bits per heavy atom. The van der Waals surface area contributed by atoms with Crippen LogP contribution in [0.5, 0.6) is 5.75 Å². The lowest BCUT2D eigenvalue weighted by Crippen LogP contribution is -2.21. The second-order valence-corrected chi connectivity index (χ2v) is 6.57. The summed E-state index contributed by atoms with van der Waals surface area (Å²) < 4.78 is 44.2. The number of carbonyl (C=O) groups is 3. The zero-order chi connectivity index (χ0) is 22.6. The van der Waals surface area contributed by atoms with Crippen LogP contribution in [0, 0.1) is 0 Å². The minimum Gasteiger partial charge on any atom is -0.492 e. The molecular formula is C16H15F3N4O6S. The monoisotopic (exact) mass is 448 g/mol. The molecule has 0 aliphatic carbocycles. The molecule has 8 N–H and O–H groups in total. The first-order chi connectivity index (χ1) is 14.0. The van der Waals surface area contributed by atoms with Gasteiger partial charge in [0.2, 0.25) is 5.76 Å². The van der Waals surface area contributed by atoms with Crippen LogP contribution in [0.2, 0.25) is 0 Å². The van der Waals surface area contributed by atoms with Gasteiger partial charge in [-0.25, -0.2) is 9.59 Å². The molecule has 0 fully saturated rings. The summed E-state index contributed by atoms with van der Waals surface area (Å²) in [4.78, 5) is 31.5. The molecule has 30 heavy (non-hydrogen) atoms. The molecule has 2 heterocycles. The minimum absolute atomic E-state index is 0.129. The smallest absolute Gasteiger partial charge is 0.490 e. The van der Waals surface area contributed by atoms with Gasteiger partial charge in [0.15, 0.2) is 5.58 Å². The Morgan fingerprint density at radius 2 is 1.87 bits per heavy atom. The van der Waals surface area contributed by atoms with Gasteiger partial charge in [0.25, 0.3) is 5.91 Å². The molecule has 0 saturated carbocycles. The van der Waals surface area contributed by atoms with Crippen LogP contribution in [0.15, 0.2) is 22.6 Å². The highest BCUT2D eigenvalue weighted by Gasteiger charge is 2.38. The number of furan rings is 1. The van der Waals surface area contributed by atoms with Crippen LogP contribution in [0.4, 0.5) is 23.7 Å². The zero-order valence-electron chi connectivity index (χ0n) is 14.9. The molecule has 3 amide bonds. The predicted octanol–water partition coefficient (Wildman–Crippen LogP) is 2.21. The number of halogens is 3. The largest absolute Gasteiger partial charge is 0.492 e. The van der Waals surface area contributed by atoms with E-state index >= 15 is 0 Å². The zero-order valence-corrected chi connectivity index (χ0v) is 15.7. The summed E-state index contributed by atoms with van der Waals surface area (Å²) in [5.74, 6) is -3.00. The first kappa shape index (κ1) is 22.8. The van der Waals surface area contributed by atoms with Gasteiger partial charge in [-0.2, -0.15) is 13.2 Å². The Hall–Kier alpha value is -3.52. The number of rotatable bonds is 5. The summed E-state index contributed by atoms with van der Waals surface area (Å²) in [5, 5.41) is 10.3. The lowest BCUT2D eigenvalue weighted by atomic mass is 10.2. The van der Waals surface area contributed by atoms with Crippen molar-refractivity contribution >= 4 is 55.3 Å². The Labute approximate surface area is 169 Å². The third kappa shape index (κ3) is 5.09. The van der Waals surface area contributed by atoms with Crippen molar-refractivity contribution in [2.45, 2.75) is 6.18 Å². The molecule has 1 aromatic carbocycles. The van der Waals surface area contributed by atoms with Crippen LogP contribution in [0.3, 0.4) is 0 Å². The molecule has 0 bridgehead atoms. The fourth-order valence-corrected chi connectivity index (χ4v) is 3.41. The number of hydrogen-bond acceptors (Lipinski definition) is 7. The van der Waals surface area contributed by atoms with Gasteiger partial charge < -0.3 is 36.8 Å². The summed E-state index contributed by atoms with van der Waals surface area (Å²) in [6.45, 7) is 0.826. The van der Waals surface area contributed by atoms with Gasteiger partial charge in [-0.3, -0.25) is 4.79 Å². The van der Waals surface area contributed by atoms with Crippen LogP contribution in [0.1, 0.15) is 10.6 Å². The second kappa shape index (κ2) is 8.87. The van der Waals surface area contributed by atoms with E-state index in [4.69, 9.17) is 36.3 Å². The molecule has 0 radical (unpaired) electrons. The topological polar surface area (TPSA) is 184 Å². The quantitative estimate of drug-likeness (QED) is 0.396. The number of fused-ring (bicyclic) bond motifs is 3. The number of aliphatic carboxylic acids is 1. The molecule has 10 nitrogen and oxygen atoms in total. The highest BCUT2D eigenvalue weighted by molar-refractivity contribution is 7.26. The Kier molecular flexibility index (Phi) is 6.73. The molecule has 0 saturated heterocycles. The molecule has 0 unspecified atom stereocenters. The van der Waals surface area contributed by atoms with Crippen molar-refractivity contribution in [1.82, 2.24) is 0 Å². The number of primary amides is 2. The molecule has 0 spiro atoms. The van der Waals surface area contributed by atoms with E-state index in [0.29, 0.717) is 29.2 Å². The van der Waals surface area contributed by atoms with Gasteiger partial charge in [0.1, 0.15) is 18.0 Å². The van der Waals surface area contributed by atoms with Crippen molar-refractivity contribution < 1.29 is 41.8 Å². The third-order valence-electron chi connectivity index (χ3n) is 3.38. The molecule has 0 atom stereocenters. The van der Waals surface area contributed by atoms with Crippen molar-refractivity contribution in [1.29, 1.82) is 0 Å². The van der Waals surface area contributed by atoms with Crippen LogP contribution in [-0.2, 0) is 4.79 Å². The second-order valence-electron chi connectivity index (χ2n) is 5.52. The normalized spacial score (nSPS) is 11.1. The molecule has 2 aromatic heterocycles. The van der Waals surface area contributed by atoms with Crippen molar-refractivity contribution in [2.75, 3.05) is 18.5 Å². The lowest BCUT2D eigenvalue weighted by Gasteiger charge is -2.03. The number of thiophene rings is 1. The first-order valence-electron chi connectivity index (χ1n) is 7.94. The van der Waals surface area contributed by atoms with E-state index < -0.39 is 24.1 Å². The fraction of sp³-hybridized carbons (Fsp3) is 0.188. The van der Waals surface area contributed by atoms with Gasteiger partial charge in [-0.05, 0) is 18.2 Å². The maximum absolute atomic E-state index is 11.5. The summed E-state index contributed by atoms with van der Waals surface area (Å²) in [6.07, 6.45) is -5.08. The van der Waals surface area contributed by atoms with Gasteiger partial charge in [-0.1, -0.05) is 0 Å². The lowest BCUT2D eigenvalue weighted by molar-refractivity contribution is -0.192. The number of hydrogen-bond donors (Lipinski definition) is 5. The summed E-state index contributed by atoms with van der Waals surface area (Å²) >= 11 is 1.33. The number of carboxylic acids is 1. The van der Waals surface area contributed by atoms with Gasteiger partial charge >= 0.3 is 18.2 Å². The van der Waals surface area contributed by atoms with Crippen molar-refractivity contribution in [3.05, 3.63) is 24.0 Å². The van der Waals surface area contributed by atoms with Crippen molar-refractivity contribution in [3.8, 4) is 5.75 Å². The van der Waals surface area contributed by atoms with Crippen LogP contribution in [0.25, 0.3) is 20.4 Å². The molecule has 14 heteroatoms. The SMILES string of the molecule is NCCOc1ccc2c(c1)sc1c(NC(N)=O)c(C(N)=O)oc12.O=C(O)C(F)(F)F. The number of alkyl halides is 3. The Morgan fingerprint density at radius 1 is 1.23 bits per heavy atom. The number of anilines is 1. The molecule has 0 aliphatic rings. The summed E-state index contributed by atoms with van der Waals surface area (Å²) in [6, 6.07) is 4.61. The summed E-state index contributed by atoms with van der Waals surface area (Å²) in [5.41, 5.74) is 16.5. The van der Waals surface area contributed by atoms with E-state index in [9.17, 15) is 22.8 Å². The van der Waals surface area contributed by atoms with Crippen LogP contribution < -0.4 is 27.3 Å². The molecule has 3 rings (SSSR count). The summed E-state index contributed by atoms with van der Waals surface area (Å²) in [7, 11) is 0. The Balaban J connectivity index is 0.000000396. The highest BCUT2D eigenvalue weighted by Crippen LogP contribution is 2.43. The highest BCUT2D eigenvalue weighted by atomic mass is 32.1. The van der Waals surface area contributed by atoms with Gasteiger partial charge in [0, 0.05) is 16.6 Å². The number of amides is 3. The maximum Gasteiger partial charge on any atom is 0.490 e. The number of nitrogens with one attached hydrogen (secondary N) is 1. The Bertz CT molecular complexity index is 1110. The number of benzene rings is 1. The average Bonchev–Trinajstić information content (AvgIpc) is 3.15. The van der Waals surface area contributed by atoms with E-state index in [-0.39, 0.29) is 11.4 Å². The predicted molar refractivity (Wildman–Crippen MR) is 102 cm³/mol. The molecule has 162 valence electrons. The van der Waals surface area contributed by atoms with E-state index in [1.54, 1.807) is 6.07 Å². The number of carboxylic acid groups (broad SMARTS) is 1. The van der Waals surface area contributed by atoms with Gasteiger partial charge in [-0.15, -0.1) is 11.3 Å². The van der Waals surface area contributed by atoms with E-state index in [2.05, 4.69) is 5.32 Å². The third-order valence-corrected chi connectivity index (χ3v) is 4.53. The minimum atomic E-state index is -5.08. The van der Waals surface area contributed by atoms with E-state index in [1.807, 2.05) is 12.1 Å². The fourth-order valence-electron chi connectivity index (χ4n) is 2.25. The van der Waals surface area contributed by atoms with Crippen LogP contribution in [-0.4, -0.2) is 42.3 Å². The number of carbonyl (C=O) groups excluding carboxylic acids is 2. The molecule has 3 aromatic rings. The van der Waals surface area contributed by atoms with Crippen LogP contribution >= 0.6 is 11.3 Å². The number of nitrogens with two attached hydrogens (primary N) is 3. The number of urea groups is 1. The maximum atomic E-state index is 11.5. The molecule has 0 aliphatic heterocycles. The van der Waals surface area contributed by atoms with Crippen molar-refractivity contribution in [3.63, 3.8) is 0 Å². The first-order valence-corrected chi connectivity index (χ1v) is 8.75. The molecular weight excluding hydrogens is 433 g/mol. The van der Waals surface area contributed by atoms with Gasteiger partial charge in [0.05, 0.1) is 4.70 Å².